The summed E-state index contributed by atoms with van der Waals surface area (Å²) in [4.78, 5) is 66.6. The summed E-state index contributed by atoms with van der Waals surface area (Å²) in [6, 6.07) is 6.11. The molecule has 2 atom stereocenters. The van der Waals surface area contributed by atoms with Crippen LogP contribution in [-0.4, -0.2) is 81.7 Å². The van der Waals surface area contributed by atoms with E-state index >= 15 is 0 Å². The molecule has 39 heavy (non-hydrogen) atoms. The van der Waals surface area contributed by atoms with E-state index in [1.807, 2.05) is 12.1 Å². The number of nitrogens with zero attached hydrogens (tertiary/aromatic N) is 2. The average Bonchev–Trinajstić information content (AvgIpc) is 3.34. The molecule has 2 fully saturated rings. The monoisotopic (exact) mass is 543 g/mol. The lowest BCUT2D eigenvalue weighted by Crippen LogP contribution is -2.53. The maximum Gasteiger partial charge on any atom is 0.323 e. The highest BCUT2D eigenvalue weighted by atomic mass is 16.4. The fourth-order valence-electron chi connectivity index (χ4n) is 6.21. The van der Waals surface area contributed by atoms with Crippen LogP contribution in [0, 0.1) is 11.3 Å². The lowest BCUT2D eigenvalue weighted by molar-refractivity contribution is -0.149. The van der Waals surface area contributed by atoms with Crippen molar-refractivity contribution in [1.29, 1.82) is 0 Å². The first-order chi connectivity index (χ1) is 18.6. The Labute approximate surface area is 227 Å². The summed E-state index contributed by atoms with van der Waals surface area (Å²) in [5.41, 5.74) is 0.291. The molecular formula is C28H37N3O8. The number of amides is 3. The lowest BCUT2D eigenvalue weighted by Gasteiger charge is -2.34. The van der Waals surface area contributed by atoms with Gasteiger partial charge in [-0.15, -0.1) is 0 Å². The van der Waals surface area contributed by atoms with E-state index in [0.29, 0.717) is 50.9 Å². The fourth-order valence-corrected chi connectivity index (χ4v) is 6.21. The van der Waals surface area contributed by atoms with Gasteiger partial charge in [0.1, 0.15) is 12.6 Å². The maximum absolute atomic E-state index is 13.8. The van der Waals surface area contributed by atoms with Gasteiger partial charge in [-0.1, -0.05) is 31.0 Å². The highest BCUT2D eigenvalue weighted by Gasteiger charge is 2.46. The van der Waals surface area contributed by atoms with E-state index < -0.39 is 53.8 Å². The third-order valence-electron chi connectivity index (χ3n) is 8.41. The molecule has 1 aromatic rings. The Balaban J connectivity index is 1.49. The van der Waals surface area contributed by atoms with Crippen molar-refractivity contribution in [2.24, 2.45) is 11.3 Å². The van der Waals surface area contributed by atoms with E-state index in [1.54, 1.807) is 17.0 Å². The van der Waals surface area contributed by atoms with Crippen molar-refractivity contribution in [3.05, 3.63) is 29.8 Å². The van der Waals surface area contributed by atoms with Crippen LogP contribution in [0.2, 0.25) is 0 Å². The number of rotatable bonds is 9. The molecule has 3 aliphatic rings. The number of aliphatic hydroxyl groups excluding tert-OH is 1. The Morgan fingerprint density at radius 3 is 2.33 bits per heavy atom. The molecule has 0 aromatic heterocycles. The molecule has 0 spiro atoms. The minimum atomic E-state index is -1.17. The lowest BCUT2D eigenvalue weighted by atomic mass is 9.75. The van der Waals surface area contributed by atoms with Crippen LogP contribution in [0.3, 0.4) is 0 Å². The van der Waals surface area contributed by atoms with Crippen molar-refractivity contribution in [2.75, 3.05) is 24.5 Å². The van der Waals surface area contributed by atoms with Crippen molar-refractivity contribution >= 4 is 35.3 Å². The number of anilines is 1. The minimum Gasteiger partial charge on any atom is -0.481 e. The second-order valence-electron chi connectivity index (χ2n) is 11.1. The van der Waals surface area contributed by atoms with Crippen LogP contribution in [0.15, 0.2) is 24.3 Å². The molecule has 4 N–H and O–H groups in total. The topological polar surface area (TPSA) is 165 Å². The first-order valence-electron chi connectivity index (χ1n) is 13.7. The van der Waals surface area contributed by atoms with Gasteiger partial charge in [0.15, 0.2) is 0 Å². The standard InChI is InChI=1S/C28H37N3O8/c32-20-9-13-30(14-10-20)23(33)15-19(26(37)38)16-28(11-3-4-12-28)27(39)29-21-8-7-18-5-1-2-6-22(18)31(25(21)36)17-24(34)35/h1-2,5-6,19-21,32H,3-4,7-17H2,(H,29,39)(H,34,35)(H,37,38). The quantitative estimate of drug-likeness (QED) is 0.364. The van der Waals surface area contributed by atoms with Gasteiger partial charge in [0.05, 0.1) is 17.4 Å². The third-order valence-corrected chi connectivity index (χ3v) is 8.41. The van der Waals surface area contributed by atoms with Gasteiger partial charge >= 0.3 is 11.9 Å². The molecule has 2 unspecified atom stereocenters. The van der Waals surface area contributed by atoms with E-state index in [9.17, 15) is 39.3 Å². The Kier molecular flexibility index (Phi) is 8.89. The highest BCUT2D eigenvalue weighted by Crippen LogP contribution is 2.44. The van der Waals surface area contributed by atoms with Gasteiger partial charge in [-0.3, -0.25) is 28.9 Å². The van der Waals surface area contributed by atoms with Gasteiger partial charge in [-0.2, -0.15) is 0 Å². The van der Waals surface area contributed by atoms with E-state index in [-0.39, 0.29) is 25.2 Å². The predicted octanol–water partition coefficient (Wildman–Crippen LogP) is 1.56. The normalized spacial score (nSPS) is 22.1. The molecular weight excluding hydrogens is 506 g/mol. The zero-order chi connectivity index (χ0) is 28.2. The summed E-state index contributed by atoms with van der Waals surface area (Å²) in [6.45, 7) is 0.206. The number of hydrogen-bond donors (Lipinski definition) is 4. The average molecular weight is 544 g/mol. The molecule has 2 aliphatic heterocycles. The van der Waals surface area contributed by atoms with Crippen LogP contribution in [-0.2, 0) is 30.4 Å². The van der Waals surface area contributed by atoms with Gasteiger partial charge in [0.2, 0.25) is 17.7 Å². The van der Waals surface area contributed by atoms with Crippen LogP contribution >= 0.6 is 0 Å². The van der Waals surface area contributed by atoms with Gasteiger partial charge in [0.25, 0.3) is 0 Å². The zero-order valence-electron chi connectivity index (χ0n) is 22.0. The molecule has 0 bridgehead atoms. The van der Waals surface area contributed by atoms with Gasteiger partial charge < -0.3 is 25.5 Å². The number of likely N-dealkylation sites (tertiary alicyclic amines) is 1. The number of carbonyl (C=O) groups excluding carboxylic acids is 3. The Morgan fingerprint density at radius 1 is 1.03 bits per heavy atom. The molecule has 0 radical (unpaired) electrons. The molecule has 212 valence electrons. The van der Waals surface area contributed by atoms with E-state index in [2.05, 4.69) is 5.32 Å². The SMILES string of the molecule is O=C(O)CN1C(=O)C(NC(=O)C2(CC(CC(=O)N3CCC(O)CC3)C(=O)O)CCCC2)CCc2ccccc21. The number of fused-ring (bicyclic) bond motifs is 1. The van der Waals surface area contributed by atoms with Crippen LogP contribution < -0.4 is 10.2 Å². The molecule has 1 saturated carbocycles. The number of piperidine rings is 1. The predicted molar refractivity (Wildman–Crippen MR) is 140 cm³/mol. The van der Waals surface area contributed by atoms with Crippen molar-refractivity contribution in [3.63, 3.8) is 0 Å². The Morgan fingerprint density at radius 2 is 1.69 bits per heavy atom. The van der Waals surface area contributed by atoms with Gasteiger partial charge in [-0.05, 0) is 56.6 Å². The Bertz CT molecular complexity index is 1110. The second-order valence-corrected chi connectivity index (χ2v) is 11.1. The number of aliphatic hydroxyl groups is 1. The summed E-state index contributed by atoms with van der Waals surface area (Å²) in [6.07, 6.45) is 3.31. The molecule has 2 heterocycles. The maximum atomic E-state index is 13.8. The number of carboxylic acid groups (broad SMARTS) is 2. The molecule has 11 nitrogen and oxygen atoms in total. The van der Waals surface area contributed by atoms with Crippen LogP contribution in [0.4, 0.5) is 5.69 Å². The van der Waals surface area contributed by atoms with Crippen LogP contribution in [0.5, 0.6) is 0 Å². The van der Waals surface area contributed by atoms with E-state index in [0.717, 1.165) is 18.4 Å². The van der Waals surface area contributed by atoms with E-state index in [4.69, 9.17) is 0 Å². The molecule has 4 rings (SSSR count). The third kappa shape index (κ3) is 6.58. The number of aryl methyl sites for hydroxylation is 1. The molecule has 11 heteroatoms. The molecule has 1 saturated heterocycles. The summed E-state index contributed by atoms with van der Waals surface area (Å²) in [5, 5.41) is 32.0. The van der Waals surface area contributed by atoms with Gasteiger partial charge in [0, 0.05) is 25.2 Å². The first-order valence-corrected chi connectivity index (χ1v) is 13.7. The summed E-state index contributed by atoms with van der Waals surface area (Å²) in [5.74, 6) is -4.61. The summed E-state index contributed by atoms with van der Waals surface area (Å²) >= 11 is 0. The largest absolute Gasteiger partial charge is 0.481 e. The fraction of sp³-hybridized carbons (Fsp3) is 0.607. The second kappa shape index (κ2) is 12.1. The number of para-hydroxylation sites is 1. The summed E-state index contributed by atoms with van der Waals surface area (Å²) < 4.78 is 0. The number of hydrogen-bond acceptors (Lipinski definition) is 6. The van der Waals surface area contributed by atoms with Crippen LogP contribution in [0.25, 0.3) is 0 Å². The first kappa shape index (κ1) is 28.5. The smallest absolute Gasteiger partial charge is 0.323 e. The Hall–Kier alpha value is -3.47. The number of carboxylic acids is 2. The number of nitrogens with one attached hydrogen (secondary N) is 1. The van der Waals surface area contributed by atoms with E-state index in [1.165, 1.54) is 4.90 Å². The van der Waals surface area contributed by atoms with Crippen molar-refractivity contribution in [2.45, 2.75) is 76.4 Å². The van der Waals surface area contributed by atoms with Crippen molar-refractivity contribution in [3.8, 4) is 0 Å². The van der Waals surface area contributed by atoms with Crippen molar-refractivity contribution < 1.29 is 39.3 Å². The molecule has 1 aromatic carbocycles. The van der Waals surface area contributed by atoms with Gasteiger partial charge in [-0.25, -0.2) is 0 Å². The zero-order valence-corrected chi connectivity index (χ0v) is 22.0. The van der Waals surface area contributed by atoms with Crippen molar-refractivity contribution in [1.82, 2.24) is 10.2 Å². The number of carbonyl (C=O) groups is 5. The number of aliphatic carboxylic acids is 2. The van der Waals surface area contributed by atoms with Crippen LogP contribution in [0.1, 0.15) is 63.4 Å². The molecule has 3 amide bonds. The number of benzene rings is 1. The summed E-state index contributed by atoms with van der Waals surface area (Å²) in [7, 11) is 0. The highest BCUT2D eigenvalue weighted by molar-refractivity contribution is 6.03. The minimum absolute atomic E-state index is 0.0175. The molecule has 1 aliphatic carbocycles.